The molecule has 0 amide bonds. The van der Waals surface area contributed by atoms with Crippen molar-refractivity contribution in [1.29, 1.82) is 0 Å². The molecular formula is C10H7NO2. The third-order valence-electron chi connectivity index (χ3n) is 2.02. The largest absolute Gasteiger partial charge is 0.294 e. The number of carbonyl (C=O) groups excluding carboxylic acids is 2. The topological polar surface area (TPSA) is 46.5 Å². The van der Waals surface area contributed by atoms with Crippen LogP contribution in [-0.2, 0) is 16.1 Å². The summed E-state index contributed by atoms with van der Waals surface area (Å²) in [6.07, 6.45) is 0.306. The molecule has 2 rings (SSSR count). The van der Waals surface area contributed by atoms with Crippen LogP contribution in [0, 0.1) is 0 Å². The molecule has 1 aliphatic heterocycles. The summed E-state index contributed by atoms with van der Waals surface area (Å²) in [4.78, 5) is 25.4. The normalized spacial score (nSPS) is 13.4. The number of hydrogen-bond donors (Lipinski definition) is 0. The van der Waals surface area contributed by atoms with E-state index in [4.69, 9.17) is 0 Å². The van der Waals surface area contributed by atoms with Gasteiger partial charge in [-0.25, -0.2) is 0 Å². The fourth-order valence-corrected chi connectivity index (χ4v) is 1.41. The van der Waals surface area contributed by atoms with Crippen molar-refractivity contribution in [3.05, 3.63) is 35.4 Å². The van der Waals surface area contributed by atoms with Crippen molar-refractivity contribution in [1.82, 2.24) is 0 Å². The number of carbonyl (C=O) groups is 2. The Morgan fingerprint density at radius 2 is 2.15 bits per heavy atom. The first-order valence-corrected chi connectivity index (χ1v) is 3.95. The molecule has 0 bridgehead atoms. The van der Waals surface area contributed by atoms with Crippen molar-refractivity contribution in [2.24, 2.45) is 4.99 Å². The summed E-state index contributed by atoms with van der Waals surface area (Å²) in [5, 5.41) is 0. The lowest BCUT2D eigenvalue weighted by Gasteiger charge is -1.96. The lowest BCUT2D eigenvalue weighted by Crippen LogP contribution is -2.14. The zero-order chi connectivity index (χ0) is 9.26. The van der Waals surface area contributed by atoms with E-state index in [0.717, 1.165) is 11.1 Å². The predicted molar refractivity (Wildman–Crippen MR) is 47.8 cm³/mol. The second-order valence-corrected chi connectivity index (χ2v) is 2.80. The Bertz CT molecular complexity index is 407. The number of rotatable bonds is 2. The van der Waals surface area contributed by atoms with E-state index in [9.17, 15) is 9.59 Å². The third-order valence-corrected chi connectivity index (χ3v) is 2.02. The highest BCUT2D eigenvalue weighted by atomic mass is 16.2. The highest BCUT2D eigenvalue weighted by Crippen LogP contribution is 2.18. The number of hydrogen-bond acceptors (Lipinski definition) is 3. The molecular weight excluding hydrogens is 166 g/mol. The quantitative estimate of drug-likeness (QED) is 0.489. The number of Topliss-reactive ketones (excluding diaryl/α,β-unsaturated/α-hetero) is 1. The summed E-state index contributed by atoms with van der Waals surface area (Å²) in [7, 11) is 0. The van der Waals surface area contributed by atoms with Gasteiger partial charge in [0.2, 0.25) is 5.78 Å². The van der Waals surface area contributed by atoms with Crippen molar-refractivity contribution in [3.63, 3.8) is 0 Å². The van der Waals surface area contributed by atoms with Gasteiger partial charge in [0.25, 0.3) is 0 Å². The third kappa shape index (κ3) is 1.18. The SMILES string of the molecule is O=CC(=O)C1=NCc2ccccc21. The fourth-order valence-electron chi connectivity index (χ4n) is 1.41. The Morgan fingerprint density at radius 3 is 2.92 bits per heavy atom. The van der Waals surface area contributed by atoms with Gasteiger partial charge < -0.3 is 0 Å². The van der Waals surface area contributed by atoms with Crippen molar-refractivity contribution < 1.29 is 9.59 Å². The summed E-state index contributed by atoms with van der Waals surface area (Å²) in [6.45, 7) is 0.505. The van der Waals surface area contributed by atoms with Gasteiger partial charge in [0.1, 0.15) is 5.71 Å². The van der Waals surface area contributed by atoms with E-state index in [1.54, 1.807) is 0 Å². The number of aliphatic imine (C=N–C) groups is 1. The molecule has 0 fully saturated rings. The first kappa shape index (κ1) is 7.86. The van der Waals surface area contributed by atoms with E-state index in [1.807, 2.05) is 24.3 Å². The molecule has 1 aromatic rings. The molecule has 0 spiro atoms. The Hall–Kier alpha value is -1.77. The molecule has 3 nitrogen and oxygen atoms in total. The van der Waals surface area contributed by atoms with Gasteiger partial charge in [0, 0.05) is 5.56 Å². The Kier molecular flexibility index (Phi) is 1.77. The number of benzene rings is 1. The standard InChI is InChI=1S/C10H7NO2/c12-6-9(13)10-8-4-2-1-3-7(8)5-11-10/h1-4,6H,5H2. The Morgan fingerprint density at radius 1 is 1.38 bits per heavy atom. The van der Waals surface area contributed by atoms with Gasteiger partial charge in [-0.3, -0.25) is 14.6 Å². The molecule has 0 aliphatic carbocycles. The van der Waals surface area contributed by atoms with Gasteiger partial charge in [0.15, 0.2) is 6.29 Å². The molecule has 0 atom stereocenters. The van der Waals surface area contributed by atoms with E-state index in [2.05, 4.69) is 4.99 Å². The maximum atomic E-state index is 11.1. The highest BCUT2D eigenvalue weighted by molar-refractivity contribution is 6.63. The second-order valence-electron chi connectivity index (χ2n) is 2.80. The predicted octanol–water partition coefficient (Wildman–Crippen LogP) is 0.757. The minimum Gasteiger partial charge on any atom is -0.294 e. The minimum atomic E-state index is -0.537. The van der Waals surface area contributed by atoms with Gasteiger partial charge in [0.05, 0.1) is 6.54 Å². The van der Waals surface area contributed by atoms with Crippen LogP contribution in [0.15, 0.2) is 29.3 Å². The molecule has 0 aromatic heterocycles. The summed E-state index contributed by atoms with van der Waals surface area (Å²) < 4.78 is 0. The Labute approximate surface area is 75.1 Å². The van der Waals surface area contributed by atoms with Gasteiger partial charge in [-0.2, -0.15) is 0 Å². The van der Waals surface area contributed by atoms with Crippen molar-refractivity contribution >= 4 is 17.8 Å². The monoisotopic (exact) mass is 173 g/mol. The summed E-state index contributed by atoms with van der Waals surface area (Å²) >= 11 is 0. The number of fused-ring (bicyclic) bond motifs is 1. The first-order valence-electron chi connectivity index (χ1n) is 3.95. The molecule has 1 aromatic carbocycles. The number of nitrogens with zero attached hydrogens (tertiary/aromatic N) is 1. The van der Waals surface area contributed by atoms with Gasteiger partial charge >= 0.3 is 0 Å². The van der Waals surface area contributed by atoms with E-state index in [0.29, 0.717) is 18.5 Å². The molecule has 0 saturated carbocycles. The van der Waals surface area contributed by atoms with Crippen LogP contribution >= 0.6 is 0 Å². The van der Waals surface area contributed by atoms with Gasteiger partial charge in [-0.05, 0) is 5.56 Å². The minimum absolute atomic E-state index is 0.297. The molecule has 3 heteroatoms. The van der Waals surface area contributed by atoms with Crippen LogP contribution in [0.2, 0.25) is 0 Å². The summed E-state index contributed by atoms with van der Waals surface area (Å²) in [5.41, 5.74) is 2.10. The van der Waals surface area contributed by atoms with E-state index < -0.39 is 5.78 Å². The van der Waals surface area contributed by atoms with Crippen molar-refractivity contribution in [2.45, 2.75) is 6.54 Å². The van der Waals surface area contributed by atoms with Gasteiger partial charge in [-0.15, -0.1) is 0 Å². The molecule has 13 heavy (non-hydrogen) atoms. The molecule has 64 valence electrons. The zero-order valence-electron chi connectivity index (χ0n) is 6.86. The number of ketones is 1. The maximum Gasteiger partial charge on any atom is 0.243 e. The molecule has 0 saturated heterocycles. The van der Waals surface area contributed by atoms with Crippen LogP contribution in [0.1, 0.15) is 11.1 Å². The van der Waals surface area contributed by atoms with Gasteiger partial charge in [-0.1, -0.05) is 24.3 Å². The van der Waals surface area contributed by atoms with Crippen LogP contribution in [-0.4, -0.2) is 17.8 Å². The van der Waals surface area contributed by atoms with Crippen LogP contribution in [0.3, 0.4) is 0 Å². The first-order chi connectivity index (χ1) is 6.33. The van der Waals surface area contributed by atoms with E-state index in [-0.39, 0.29) is 0 Å². The summed E-state index contributed by atoms with van der Waals surface area (Å²) in [6, 6.07) is 7.44. The molecule has 0 radical (unpaired) electrons. The lowest BCUT2D eigenvalue weighted by molar-refractivity contribution is -0.125. The summed E-state index contributed by atoms with van der Waals surface area (Å²) in [5.74, 6) is -0.537. The molecule has 1 aliphatic rings. The van der Waals surface area contributed by atoms with E-state index >= 15 is 0 Å². The zero-order valence-corrected chi connectivity index (χ0v) is 6.86. The van der Waals surface area contributed by atoms with Crippen molar-refractivity contribution in [3.8, 4) is 0 Å². The average Bonchev–Trinajstić information content (AvgIpc) is 2.60. The number of aldehydes is 1. The average molecular weight is 173 g/mol. The van der Waals surface area contributed by atoms with Crippen LogP contribution < -0.4 is 0 Å². The van der Waals surface area contributed by atoms with Crippen LogP contribution in [0.5, 0.6) is 0 Å². The lowest BCUT2D eigenvalue weighted by atomic mass is 10.0. The van der Waals surface area contributed by atoms with Crippen LogP contribution in [0.4, 0.5) is 0 Å². The Balaban J connectivity index is 2.47. The second kappa shape index (κ2) is 2.94. The smallest absolute Gasteiger partial charge is 0.243 e. The molecule has 0 unspecified atom stereocenters. The van der Waals surface area contributed by atoms with Crippen molar-refractivity contribution in [2.75, 3.05) is 0 Å². The maximum absolute atomic E-state index is 11.1. The fraction of sp³-hybridized carbons (Fsp3) is 0.100. The van der Waals surface area contributed by atoms with Crippen LogP contribution in [0.25, 0.3) is 0 Å². The molecule has 0 N–H and O–H groups in total. The molecule has 1 heterocycles. The van der Waals surface area contributed by atoms with E-state index in [1.165, 1.54) is 0 Å². The highest BCUT2D eigenvalue weighted by Gasteiger charge is 2.20.